The van der Waals surface area contributed by atoms with E-state index in [0.717, 1.165) is 5.69 Å². The summed E-state index contributed by atoms with van der Waals surface area (Å²) in [5, 5.41) is 4.94. The summed E-state index contributed by atoms with van der Waals surface area (Å²) in [6.07, 6.45) is 3.27. The number of hydrogen-bond donors (Lipinski definition) is 1. The number of nitrogen functional groups attached to an aromatic ring is 1. The van der Waals surface area contributed by atoms with Gasteiger partial charge in [0.25, 0.3) is 0 Å². The van der Waals surface area contributed by atoms with Crippen molar-refractivity contribution in [3.63, 3.8) is 0 Å². The SMILES string of the molecule is CC(C)(C)c1nn2cc(Cl)cnc2c1N. The van der Waals surface area contributed by atoms with Crippen molar-refractivity contribution in [2.45, 2.75) is 26.2 Å². The van der Waals surface area contributed by atoms with Crippen molar-refractivity contribution in [1.29, 1.82) is 0 Å². The van der Waals surface area contributed by atoms with E-state index in [2.05, 4.69) is 30.9 Å². The standard InChI is InChI=1S/C10H13ClN4/c1-10(2,3)8-7(12)9-13-4-6(11)5-15(9)14-8/h4-5H,12H2,1-3H3. The topological polar surface area (TPSA) is 56.2 Å². The molecule has 0 saturated heterocycles. The Kier molecular flexibility index (Phi) is 2.12. The molecular weight excluding hydrogens is 212 g/mol. The molecule has 5 heteroatoms. The number of aromatic nitrogens is 3. The van der Waals surface area contributed by atoms with Gasteiger partial charge >= 0.3 is 0 Å². The third-order valence-corrected chi connectivity index (χ3v) is 2.38. The predicted octanol–water partition coefficient (Wildman–Crippen LogP) is 2.26. The van der Waals surface area contributed by atoms with E-state index in [4.69, 9.17) is 17.3 Å². The van der Waals surface area contributed by atoms with Crippen LogP contribution in [0.1, 0.15) is 26.5 Å². The zero-order valence-corrected chi connectivity index (χ0v) is 9.71. The van der Waals surface area contributed by atoms with Crippen molar-refractivity contribution in [3.05, 3.63) is 23.1 Å². The summed E-state index contributed by atoms with van der Waals surface area (Å²) in [5.74, 6) is 0. The lowest BCUT2D eigenvalue weighted by Crippen LogP contribution is -2.14. The smallest absolute Gasteiger partial charge is 0.178 e. The third kappa shape index (κ3) is 1.65. The van der Waals surface area contributed by atoms with Crippen LogP contribution in [0.3, 0.4) is 0 Å². The number of fused-ring (bicyclic) bond motifs is 1. The van der Waals surface area contributed by atoms with Crippen LogP contribution >= 0.6 is 11.6 Å². The Morgan fingerprint density at radius 1 is 1.40 bits per heavy atom. The van der Waals surface area contributed by atoms with Crippen molar-refractivity contribution in [3.8, 4) is 0 Å². The molecule has 2 heterocycles. The molecule has 4 nitrogen and oxygen atoms in total. The van der Waals surface area contributed by atoms with Crippen molar-refractivity contribution in [2.75, 3.05) is 5.73 Å². The van der Waals surface area contributed by atoms with Crippen LogP contribution in [0.15, 0.2) is 12.4 Å². The molecule has 2 aromatic heterocycles. The molecule has 0 aliphatic carbocycles. The summed E-state index contributed by atoms with van der Waals surface area (Å²) in [6, 6.07) is 0. The van der Waals surface area contributed by atoms with Gasteiger partial charge in [0.2, 0.25) is 0 Å². The minimum Gasteiger partial charge on any atom is -0.394 e. The molecule has 80 valence electrons. The first-order valence-electron chi connectivity index (χ1n) is 4.69. The van der Waals surface area contributed by atoms with Gasteiger partial charge in [-0.2, -0.15) is 5.10 Å². The molecular formula is C10H13ClN4. The van der Waals surface area contributed by atoms with Gasteiger partial charge < -0.3 is 5.73 Å². The minimum absolute atomic E-state index is 0.0930. The van der Waals surface area contributed by atoms with E-state index >= 15 is 0 Å². The Morgan fingerprint density at radius 2 is 2.07 bits per heavy atom. The maximum atomic E-state index is 5.99. The lowest BCUT2D eigenvalue weighted by atomic mass is 9.91. The van der Waals surface area contributed by atoms with Crippen LogP contribution < -0.4 is 5.73 Å². The number of anilines is 1. The molecule has 0 unspecified atom stereocenters. The number of halogens is 1. The Morgan fingerprint density at radius 3 is 2.67 bits per heavy atom. The zero-order chi connectivity index (χ0) is 11.2. The monoisotopic (exact) mass is 224 g/mol. The molecule has 0 atom stereocenters. The molecule has 0 radical (unpaired) electrons. The largest absolute Gasteiger partial charge is 0.394 e. The number of nitrogens with zero attached hydrogens (tertiary/aromatic N) is 3. The molecule has 2 N–H and O–H groups in total. The van der Waals surface area contributed by atoms with Crippen LogP contribution in [-0.2, 0) is 5.41 Å². The summed E-state index contributed by atoms with van der Waals surface area (Å²) < 4.78 is 1.62. The van der Waals surface area contributed by atoms with Crippen LogP contribution in [0.2, 0.25) is 5.02 Å². The number of hydrogen-bond acceptors (Lipinski definition) is 3. The minimum atomic E-state index is -0.0930. The van der Waals surface area contributed by atoms with Gasteiger partial charge in [0.15, 0.2) is 5.65 Å². The molecule has 2 rings (SSSR count). The van der Waals surface area contributed by atoms with E-state index in [-0.39, 0.29) is 5.41 Å². The Hall–Kier alpha value is -1.29. The number of rotatable bonds is 0. The molecule has 0 aliphatic rings. The van der Waals surface area contributed by atoms with Gasteiger partial charge in [-0.3, -0.25) is 0 Å². The highest BCUT2D eigenvalue weighted by molar-refractivity contribution is 6.30. The molecule has 2 aromatic rings. The van der Waals surface area contributed by atoms with Crippen LogP contribution in [0.4, 0.5) is 5.69 Å². The molecule has 0 spiro atoms. The van der Waals surface area contributed by atoms with Crippen molar-refractivity contribution < 1.29 is 0 Å². The van der Waals surface area contributed by atoms with Gasteiger partial charge in [0.05, 0.1) is 16.9 Å². The Balaban J connectivity index is 2.75. The van der Waals surface area contributed by atoms with E-state index in [0.29, 0.717) is 16.4 Å². The first kappa shape index (κ1) is 10.2. The second-order valence-corrected chi connectivity index (χ2v) is 4.99. The quantitative estimate of drug-likeness (QED) is 0.747. The van der Waals surface area contributed by atoms with E-state index < -0.39 is 0 Å². The first-order valence-corrected chi connectivity index (χ1v) is 5.07. The highest BCUT2D eigenvalue weighted by atomic mass is 35.5. The molecule has 0 fully saturated rings. The van der Waals surface area contributed by atoms with Gasteiger partial charge in [-0.25, -0.2) is 9.50 Å². The second-order valence-electron chi connectivity index (χ2n) is 4.55. The van der Waals surface area contributed by atoms with Crippen LogP contribution in [0.5, 0.6) is 0 Å². The van der Waals surface area contributed by atoms with E-state index in [1.165, 1.54) is 0 Å². The number of nitrogens with two attached hydrogens (primary N) is 1. The summed E-state index contributed by atoms with van der Waals surface area (Å²) in [7, 11) is 0. The molecule has 15 heavy (non-hydrogen) atoms. The van der Waals surface area contributed by atoms with Crippen molar-refractivity contribution in [1.82, 2.24) is 14.6 Å². The van der Waals surface area contributed by atoms with Crippen molar-refractivity contribution in [2.24, 2.45) is 0 Å². The maximum absolute atomic E-state index is 5.99. The zero-order valence-electron chi connectivity index (χ0n) is 8.95. The Bertz CT molecular complexity index is 510. The molecule has 0 aromatic carbocycles. The fraction of sp³-hybridized carbons (Fsp3) is 0.400. The van der Waals surface area contributed by atoms with Crippen LogP contribution in [0.25, 0.3) is 5.65 Å². The predicted molar refractivity (Wildman–Crippen MR) is 61.1 cm³/mol. The van der Waals surface area contributed by atoms with Crippen LogP contribution in [-0.4, -0.2) is 14.6 Å². The van der Waals surface area contributed by atoms with Gasteiger partial charge in [-0.15, -0.1) is 0 Å². The first-order chi connectivity index (χ1) is 6.89. The second kappa shape index (κ2) is 3.10. The summed E-state index contributed by atoms with van der Waals surface area (Å²) in [5.41, 5.74) is 8.02. The average Bonchev–Trinajstić information content (AvgIpc) is 2.42. The fourth-order valence-electron chi connectivity index (χ4n) is 1.48. The van der Waals surface area contributed by atoms with Crippen LogP contribution in [0, 0.1) is 0 Å². The summed E-state index contributed by atoms with van der Waals surface area (Å²) in [6.45, 7) is 6.19. The maximum Gasteiger partial charge on any atom is 0.178 e. The lowest BCUT2D eigenvalue weighted by Gasteiger charge is -2.15. The average molecular weight is 225 g/mol. The normalized spacial score (nSPS) is 12.3. The van der Waals surface area contributed by atoms with E-state index in [1.807, 2.05) is 0 Å². The third-order valence-electron chi connectivity index (χ3n) is 2.19. The van der Waals surface area contributed by atoms with Gasteiger partial charge in [0, 0.05) is 11.6 Å². The highest BCUT2D eigenvalue weighted by Gasteiger charge is 2.23. The fourth-order valence-corrected chi connectivity index (χ4v) is 1.63. The summed E-state index contributed by atoms with van der Waals surface area (Å²) in [4.78, 5) is 4.16. The van der Waals surface area contributed by atoms with Gasteiger partial charge in [-0.1, -0.05) is 32.4 Å². The van der Waals surface area contributed by atoms with Gasteiger partial charge in [0.1, 0.15) is 5.69 Å². The summed E-state index contributed by atoms with van der Waals surface area (Å²) >= 11 is 5.83. The van der Waals surface area contributed by atoms with E-state index in [1.54, 1.807) is 16.9 Å². The molecule has 0 saturated carbocycles. The van der Waals surface area contributed by atoms with E-state index in [9.17, 15) is 0 Å². The molecule has 0 amide bonds. The lowest BCUT2D eigenvalue weighted by molar-refractivity contribution is 0.564. The van der Waals surface area contributed by atoms with Gasteiger partial charge in [-0.05, 0) is 0 Å². The highest BCUT2D eigenvalue weighted by Crippen LogP contribution is 2.28. The van der Waals surface area contributed by atoms with Crippen molar-refractivity contribution >= 4 is 22.9 Å². The Labute approximate surface area is 93.1 Å². The molecule has 0 bridgehead atoms. The molecule has 0 aliphatic heterocycles.